The van der Waals surface area contributed by atoms with Crippen molar-refractivity contribution in [3.05, 3.63) is 73.5 Å². The molecule has 1 saturated heterocycles. The zero-order valence-electron chi connectivity index (χ0n) is 19.0. The molecule has 0 unspecified atom stereocenters. The third-order valence-corrected chi connectivity index (χ3v) is 7.12. The van der Waals surface area contributed by atoms with Crippen LogP contribution in [0, 0.1) is 13.8 Å². The van der Waals surface area contributed by atoms with Crippen molar-refractivity contribution in [1.29, 1.82) is 0 Å². The van der Waals surface area contributed by atoms with E-state index in [9.17, 15) is 4.79 Å². The van der Waals surface area contributed by atoms with Gasteiger partial charge < -0.3 is 9.72 Å². The monoisotopic (exact) mass is 464 g/mol. The van der Waals surface area contributed by atoms with Gasteiger partial charge in [0, 0.05) is 35.7 Å². The van der Waals surface area contributed by atoms with Gasteiger partial charge in [0.15, 0.2) is 5.82 Å². The summed E-state index contributed by atoms with van der Waals surface area (Å²) in [4.78, 5) is 19.4. The van der Waals surface area contributed by atoms with Crippen LogP contribution < -0.4 is 5.56 Å². The number of fused-ring (bicyclic) bond motifs is 1. The van der Waals surface area contributed by atoms with E-state index in [1.54, 1.807) is 11.3 Å². The highest BCUT2D eigenvalue weighted by molar-refractivity contribution is 7.09. The predicted molar refractivity (Wildman–Crippen MR) is 128 cm³/mol. The van der Waals surface area contributed by atoms with Crippen LogP contribution in [0.15, 0.2) is 40.5 Å². The summed E-state index contributed by atoms with van der Waals surface area (Å²) in [5.41, 5.74) is 3.94. The van der Waals surface area contributed by atoms with Gasteiger partial charge in [0.2, 0.25) is 0 Å². The number of nitrogens with zero attached hydrogens (tertiary/aromatic N) is 5. The average Bonchev–Trinajstić information content (AvgIpc) is 3.55. The van der Waals surface area contributed by atoms with Crippen LogP contribution in [-0.4, -0.2) is 42.8 Å². The Morgan fingerprint density at radius 1 is 1.21 bits per heavy atom. The summed E-state index contributed by atoms with van der Waals surface area (Å²) in [6.07, 6.45) is 2.27. The van der Waals surface area contributed by atoms with Gasteiger partial charge in [0.1, 0.15) is 0 Å². The number of aromatic amines is 1. The second-order valence-corrected chi connectivity index (χ2v) is 9.82. The molecule has 0 amide bonds. The average molecular weight is 465 g/mol. The van der Waals surface area contributed by atoms with Crippen LogP contribution in [0.2, 0.25) is 0 Å². The lowest BCUT2D eigenvalue weighted by Gasteiger charge is -2.21. The molecule has 0 spiro atoms. The first-order valence-corrected chi connectivity index (χ1v) is 12.2. The molecule has 1 aliphatic rings. The van der Waals surface area contributed by atoms with Crippen LogP contribution in [0.1, 0.15) is 40.2 Å². The lowest BCUT2D eigenvalue weighted by molar-refractivity contribution is 0.0915. The standard InChI is InChI=1S/C24H28N6O2S/c1-16-9-18-11-19(24(31)25-22(18)10-17(16)2)12-29(14-21-6-4-8-33-21)15-23-26-27-28-30(23)13-20-5-3-7-32-20/h4,6,8-11,20H,3,5,7,12-15H2,1-2H3,(H,25,31)/t20-/m1/s1. The van der Waals surface area contributed by atoms with Gasteiger partial charge in [-0.05, 0) is 83.3 Å². The number of pyridine rings is 1. The normalized spacial score (nSPS) is 16.3. The van der Waals surface area contributed by atoms with Crippen LogP contribution in [-0.2, 0) is 30.9 Å². The van der Waals surface area contributed by atoms with E-state index in [1.165, 1.54) is 16.0 Å². The van der Waals surface area contributed by atoms with Gasteiger partial charge in [-0.25, -0.2) is 4.68 Å². The topological polar surface area (TPSA) is 88.9 Å². The first-order valence-electron chi connectivity index (χ1n) is 11.3. The minimum atomic E-state index is -0.0547. The summed E-state index contributed by atoms with van der Waals surface area (Å²) in [5, 5.41) is 15.5. The van der Waals surface area contributed by atoms with Crippen molar-refractivity contribution >= 4 is 22.2 Å². The summed E-state index contributed by atoms with van der Waals surface area (Å²) >= 11 is 1.71. The molecule has 1 atom stereocenters. The van der Waals surface area contributed by atoms with Gasteiger partial charge in [-0.2, -0.15) is 0 Å². The third kappa shape index (κ3) is 5.05. The van der Waals surface area contributed by atoms with Crippen LogP contribution >= 0.6 is 11.3 Å². The minimum absolute atomic E-state index is 0.0547. The van der Waals surface area contributed by atoms with Crippen molar-refractivity contribution in [2.45, 2.75) is 59.0 Å². The minimum Gasteiger partial charge on any atom is -0.376 e. The van der Waals surface area contributed by atoms with Crippen LogP contribution in [0.3, 0.4) is 0 Å². The summed E-state index contributed by atoms with van der Waals surface area (Å²) in [5.74, 6) is 0.783. The van der Waals surface area contributed by atoms with E-state index in [1.807, 2.05) is 22.9 Å². The molecule has 0 radical (unpaired) electrons. The fraction of sp³-hybridized carbons (Fsp3) is 0.417. The molecule has 1 aromatic carbocycles. The molecule has 3 aromatic heterocycles. The molecule has 4 heterocycles. The lowest BCUT2D eigenvalue weighted by atomic mass is 10.0. The maximum Gasteiger partial charge on any atom is 0.252 e. The van der Waals surface area contributed by atoms with E-state index in [0.29, 0.717) is 19.6 Å². The Labute approximate surface area is 196 Å². The zero-order valence-corrected chi connectivity index (χ0v) is 19.8. The number of hydrogen-bond donors (Lipinski definition) is 1. The Morgan fingerprint density at radius 2 is 2.09 bits per heavy atom. The van der Waals surface area contributed by atoms with Crippen molar-refractivity contribution in [3.63, 3.8) is 0 Å². The number of aromatic nitrogens is 5. The summed E-state index contributed by atoms with van der Waals surface area (Å²) in [7, 11) is 0. The summed E-state index contributed by atoms with van der Waals surface area (Å²) in [6, 6.07) is 10.4. The number of nitrogens with one attached hydrogen (secondary N) is 1. The highest BCUT2D eigenvalue weighted by Crippen LogP contribution is 2.20. The number of tetrazole rings is 1. The molecule has 33 heavy (non-hydrogen) atoms. The molecule has 0 aliphatic carbocycles. The zero-order chi connectivity index (χ0) is 22.8. The van der Waals surface area contributed by atoms with Crippen molar-refractivity contribution in [1.82, 2.24) is 30.1 Å². The van der Waals surface area contributed by atoms with E-state index < -0.39 is 0 Å². The van der Waals surface area contributed by atoms with Gasteiger partial charge in [-0.3, -0.25) is 9.69 Å². The number of thiophene rings is 1. The molecule has 1 aliphatic heterocycles. The van der Waals surface area contributed by atoms with Crippen molar-refractivity contribution in [2.75, 3.05) is 6.61 Å². The molecule has 1 fully saturated rings. The molecule has 4 aromatic rings. The Balaban J connectivity index is 1.42. The predicted octanol–water partition coefficient (Wildman–Crippen LogP) is 3.57. The number of rotatable bonds is 8. The molecule has 0 saturated carbocycles. The van der Waals surface area contributed by atoms with Crippen LogP contribution in [0.4, 0.5) is 0 Å². The quantitative estimate of drug-likeness (QED) is 0.429. The molecule has 5 rings (SSSR count). The maximum atomic E-state index is 12.9. The SMILES string of the molecule is Cc1cc2cc(CN(Cc3cccs3)Cc3nnnn3C[C@H]3CCCO3)c(=O)[nH]c2cc1C. The van der Waals surface area contributed by atoms with Gasteiger partial charge >= 0.3 is 0 Å². The van der Waals surface area contributed by atoms with Gasteiger partial charge in [0.05, 0.1) is 19.2 Å². The maximum absolute atomic E-state index is 12.9. The number of hydrogen-bond acceptors (Lipinski definition) is 7. The van der Waals surface area contributed by atoms with E-state index in [-0.39, 0.29) is 11.7 Å². The van der Waals surface area contributed by atoms with Gasteiger partial charge in [-0.15, -0.1) is 16.4 Å². The number of ether oxygens (including phenoxy) is 1. The van der Waals surface area contributed by atoms with Crippen LogP contribution in [0.25, 0.3) is 10.9 Å². The molecular weight excluding hydrogens is 436 g/mol. The highest BCUT2D eigenvalue weighted by Gasteiger charge is 2.21. The largest absolute Gasteiger partial charge is 0.376 e. The van der Waals surface area contributed by atoms with Gasteiger partial charge in [-0.1, -0.05) is 6.07 Å². The number of benzene rings is 1. The van der Waals surface area contributed by atoms with Crippen molar-refractivity contribution in [3.8, 4) is 0 Å². The van der Waals surface area contributed by atoms with E-state index in [0.717, 1.165) is 48.3 Å². The Kier molecular flexibility index (Phi) is 6.34. The smallest absolute Gasteiger partial charge is 0.252 e. The summed E-state index contributed by atoms with van der Waals surface area (Å²) in [6.45, 7) is 7.38. The second kappa shape index (κ2) is 9.54. The first kappa shape index (κ1) is 21.9. The third-order valence-electron chi connectivity index (χ3n) is 6.26. The van der Waals surface area contributed by atoms with Crippen molar-refractivity contribution in [2.24, 2.45) is 0 Å². The Bertz CT molecular complexity index is 1290. The summed E-state index contributed by atoms with van der Waals surface area (Å²) < 4.78 is 7.61. The second-order valence-electron chi connectivity index (χ2n) is 8.78. The molecule has 1 N–H and O–H groups in total. The Hall–Kier alpha value is -2.88. The van der Waals surface area contributed by atoms with Crippen LogP contribution in [0.5, 0.6) is 0 Å². The molecule has 172 valence electrons. The van der Waals surface area contributed by atoms with E-state index >= 15 is 0 Å². The molecular formula is C24H28N6O2S. The fourth-order valence-corrected chi connectivity index (χ4v) is 5.08. The Morgan fingerprint density at radius 3 is 2.88 bits per heavy atom. The van der Waals surface area contributed by atoms with E-state index in [2.05, 4.69) is 56.8 Å². The van der Waals surface area contributed by atoms with E-state index in [4.69, 9.17) is 4.74 Å². The first-order chi connectivity index (χ1) is 16.0. The fourth-order valence-electron chi connectivity index (χ4n) is 4.33. The number of H-pyrrole nitrogens is 1. The van der Waals surface area contributed by atoms with Gasteiger partial charge in [0.25, 0.3) is 5.56 Å². The molecule has 9 heteroatoms. The van der Waals surface area contributed by atoms with Crippen molar-refractivity contribution < 1.29 is 4.74 Å². The lowest BCUT2D eigenvalue weighted by Crippen LogP contribution is -2.28. The molecule has 0 bridgehead atoms. The number of aryl methyl sites for hydroxylation is 2. The molecule has 8 nitrogen and oxygen atoms in total. The highest BCUT2D eigenvalue weighted by atomic mass is 32.1.